The molecule has 2 aromatic rings. The number of para-hydroxylation sites is 1. The van der Waals surface area contributed by atoms with Crippen molar-refractivity contribution in [2.45, 2.75) is 32.5 Å². The molecule has 20 heavy (non-hydrogen) atoms. The number of carbonyl (C=O) groups excluding carboxylic acids is 1. The van der Waals surface area contributed by atoms with Crippen LogP contribution in [0.15, 0.2) is 24.3 Å². The topological polar surface area (TPSA) is 60.2 Å². The molecule has 1 aliphatic rings. The van der Waals surface area contributed by atoms with Crippen LogP contribution in [0.2, 0.25) is 0 Å². The van der Waals surface area contributed by atoms with Crippen LogP contribution >= 0.6 is 0 Å². The lowest BCUT2D eigenvalue weighted by Gasteiger charge is -2.36. The van der Waals surface area contributed by atoms with Gasteiger partial charge in [-0.15, -0.1) is 5.10 Å². The van der Waals surface area contributed by atoms with E-state index in [1.54, 1.807) is 4.68 Å². The minimum atomic E-state index is 0.0586. The van der Waals surface area contributed by atoms with Crippen molar-refractivity contribution >= 4 is 16.9 Å². The first-order chi connectivity index (χ1) is 9.65. The second-order valence-electron chi connectivity index (χ2n) is 5.27. The summed E-state index contributed by atoms with van der Waals surface area (Å²) in [5, 5.41) is 8.13. The van der Waals surface area contributed by atoms with E-state index in [-0.39, 0.29) is 24.6 Å². The number of hydrogen-bond acceptors (Lipinski definition) is 4. The zero-order valence-corrected chi connectivity index (χ0v) is 11.7. The van der Waals surface area contributed by atoms with Crippen molar-refractivity contribution in [3.8, 4) is 0 Å². The van der Waals surface area contributed by atoms with Crippen LogP contribution in [0.5, 0.6) is 0 Å². The minimum Gasteiger partial charge on any atom is -0.375 e. The van der Waals surface area contributed by atoms with Crippen LogP contribution in [0.4, 0.5) is 0 Å². The highest BCUT2D eigenvalue weighted by molar-refractivity contribution is 5.80. The summed E-state index contributed by atoms with van der Waals surface area (Å²) in [5.41, 5.74) is 1.69. The van der Waals surface area contributed by atoms with Crippen LogP contribution in [-0.4, -0.2) is 51.1 Å². The van der Waals surface area contributed by atoms with Crippen molar-refractivity contribution < 1.29 is 9.53 Å². The summed E-state index contributed by atoms with van der Waals surface area (Å²) >= 11 is 0. The highest BCUT2D eigenvalue weighted by atomic mass is 16.5. The molecule has 0 spiro atoms. The molecule has 0 saturated carbocycles. The molecule has 2 unspecified atom stereocenters. The fourth-order valence-electron chi connectivity index (χ4n) is 2.50. The molecule has 2 atom stereocenters. The third-order valence-electron chi connectivity index (χ3n) is 3.63. The molecule has 6 heteroatoms. The maximum absolute atomic E-state index is 12.4. The van der Waals surface area contributed by atoms with E-state index in [1.807, 2.05) is 43.0 Å². The highest BCUT2D eigenvalue weighted by Crippen LogP contribution is 2.14. The molecular weight excluding hydrogens is 256 g/mol. The van der Waals surface area contributed by atoms with Gasteiger partial charge in [-0.3, -0.25) is 4.79 Å². The number of aromatic nitrogens is 3. The van der Waals surface area contributed by atoms with E-state index >= 15 is 0 Å². The minimum absolute atomic E-state index is 0.0586. The maximum atomic E-state index is 12.4. The smallest absolute Gasteiger partial charge is 0.244 e. The molecule has 2 heterocycles. The first-order valence-corrected chi connectivity index (χ1v) is 6.84. The Labute approximate surface area is 117 Å². The molecule has 0 aliphatic carbocycles. The van der Waals surface area contributed by atoms with Gasteiger partial charge in [0.15, 0.2) is 0 Å². The third kappa shape index (κ3) is 2.38. The molecule has 1 aromatic heterocycles. The Morgan fingerprint density at radius 1 is 1.40 bits per heavy atom. The van der Waals surface area contributed by atoms with Gasteiger partial charge in [-0.2, -0.15) is 0 Å². The van der Waals surface area contributed by atoms with Gasteiger partial charge < -0.3 is 9.64 Å². The summed E-state index contributed by atoms with van der Waals surface area (Å²) in [6.45, 7) is 5.43. The van der Waals surface area contributed by atoms with Gasteiger partial charge in [0.1, 0.15) is 12.1 Å². The van der Waals surface area contributed by atoms with E-state index in [1.165, 1.54) is 0 Å². The number of fused-ring (bicyclic) bond motifs is 1. The Kier molecular flexibility index (Phi) is 3.40. The average Bonchev–Trinajstić information content (AvgIpc) is 2.85. The number of hydrogen-bond donors (Lipinski definition) is 0. The Morgan fingerprint density at radius 3 is 3.05 bits per heavy atom. The summed E-state index contributed by atoms with van der Waals surface area (Å²) < 4.78 is 7.20. The Balaban J connectivity index is 1.78. The number of benzene rings is 1. The van der Waals surface area contributed by atoms with Crippen LogP contribution < -0.4 is 0 Å². The van der Waals surface area contributed by atoms with Crippen molar-refractivity contribution in [3.63, 3.8) is 0 Å². The number of rotatable bonds is 2. The summed E-state index contributed by atoms with van der Waals surface area (Å²) in [6.07, 6.45) is 0.0858. The van der Waals surface area contributed by atoms with E-state index in [0.717, 1.165) is 11.0 Å². The number of amides is 1. The van der Waals surface area contributed by atoms with Gasteiger partial charge in [0.25, 0.3) is 0 Å². The van der Waals surface area contributed by atoms with Gasteiger partial charge in [-0.1, -0.05) is 17.3 Å². The monoisotopic (exact) mass is 274 g/mol. The lowest BCUT2D eigenvalue weighted by Crippen LogP contribution is -2.51. The van der Waals surface area contributed by atoms with E-state index in [4.69, 9.17) is 4.74 Å². The van der Waals surface area contributed by atoms with Gasteiger partial charge in [-0.25, -0.2) is 4.68 Å². The first kappa shape index (κ1) is 13.1. The zero-order valence-electron chi connectivity index (χ0n) is 11.7. The second kappa shape index (κ2) is 5.20. The van der Waals surface area contributed by atoms with Crippen LogP contribution in [-0.2, 0) is 16.1 Å². The van der Waals surface area contributed by atoms with Crippen molar-refractivity contribution in [1.82, 2.24) is 19.9 Å². The number of morpholine rings is 1. The average molecular weight is 274 g/mol. The van der Waals surface area contributed by atoms with Gasteiger partial charge >= 0.3 is 0 Å². The van der Waals surface area contributed by atoms with Crippen LogP contribution in [0.25, 0.3) is 11.0 Å². The second-order valence-corrected chi connectivity index (χ2v) is 5.27. The van der Waals surface area contributed by atoms with Gasteiger partial charge in [0, 0.05) is 6.54 Å². The molecule has 1 fully saturated rings. The molecule has 1 aromatic carbocycles. The van der Waals surface area contributed by atoms with Crippen LogP contribution in [0.3, 0.4) is 0 Å². The SMILES string of the molecule is CC1CN(C(=O)Cn2nnc3ccccc32)C(C)CO1. The van der Waals surface area contributed by atoms with Gasteiger partial charge in [0.05, 0.1) is 24.3 Å². The van der Waals surface area contributed by atoms with Crippen molar-refractivity contribution in [2.75, 3.05) is 13.2 Å². The molecular formula is C14H18N4O2. The van der Waals surface area contributed by atoms with E-state index in [2.05, 4.69) is 10.3 Å². The number of ether oxygens (including phenoxy) is 1. The number of carbonyl (C=O) groups is 1. The zero-order chi connectivity index (χ0) is 14.1. The quantitative estimate of drug-likeness (QED) is 0.822. The summed E-state index contributed by atoms with van der Waals surface area (Å²) in [4.78, 5) is 14.3. The fourth-order valence-corrected chi connectivity index (χ4v) is 2.50. The molecule has 1 aliphatic heterocycles. The summed E-state index contributed by atoms with van der Waals surface area (Å²) in [7, 11) is 0. The molecule has 1 saturated heterocycles. The van der Waals surface area contributed by atoms with Gasteiger partial charge in [-0.05, 0) is 26.0 Å². The third-order valence-corrected chi connectivity index (χ3v) is 3.63. The molecule has 6 nitrogen and oxygen atoms in total. The Hall–Kier alpha value is -1.95. The predicted molar refractivity (Wildman–Crippen MR) is 74.1 cm³/mol. The van der Waals surface area contributed by atoms with Crippen molar-refractivity contribution in [2.24, 2.45) is 0 Å². The first-order valence-electron chi connectivity index (χ1n) is 6.84. The Morgan fingerprint density at radius 2 is 2.20 bits per heavy atom. The van der Waals surface area contributed by atoms with Crippen LogP contribution in [0.1, 0.15) is 13.8 Å². The molecule has 0 radical (unpaired) electrons. The van der Waals surface area contributed by atoms with Crippen molar-refractivity contribution in [3.05, 3.63) is 24.3 Å². The predicted octanol–water partition coefficient (Wildman–Crippen LogP) is 1.07. The van der Waals surface area contributed by atoms with Gasteiger partial charge in [0.2, 0.25) is 5.91 Å². The number of nitrogens with zero attached hydrogens (tertiary/aromatic N) is 4. The van der Waals surface area contributed by atoms with E-state index < -0.39 is 0 Å². The maximum Gasteiger partial charge on any atom is 0.244 e. The molecule has 106 valence electrons. The summed E-state index contributed by atoms with van der Waals surface area (Å²) in [5.74, 6) is 0.0586. The fraction of sp³-hybridized carbons (Fsp3) is 0.500. The molecule has 3 rings (SSSR count). The van der Waals surface area contributed by atoms with Crippen LogP contribution in [0, 0.1) is 0 Å². The van der Waals surface area contributed by atoms with Crippen molar-refractivity contribution in [1.29, 1.82) is 0 Å². The lowest BCUT2D eigenvalue weighted by molar-refractivity contribution is -0.144. The summed E-state index contributed by atoms with van der Waals surface area (Å²) in [6, 6.07) is 7.76. The largest absolute Gasteiger partial charge is 0.375 e. The van der Waals surface area contributed by atoms with E-state index in [0.29, 0.717) is 13.2 Å². The van der Waals surface area contributed by atoms with E-state index in [9.17, 15) is 4.79 Å². The normalized spacial score (nSPS) is 23.2. The standard InChI is InChI=1S/C14H18N4O2/c1-10-9-20-11(2)7-17(10)14(19)8-18-13-6-4-3-5-12(13)15-16-18/h3-6,10-11H,7-9H2,1-2H3. The molecule has 1 amide bonds. The Bertz CT molecular complexity index is 624. The highest BCUT2D eigenvalue weighted by Gasteiger charge is 2.27. The molecule has 0 N–H and O–H groups in total. The molecule has 0 bridgehead atoms. The lowest BCUT2D eigenvalue weighted by atomic mass is 10.2.